The summed E-state index contributed by atoms with van der Waals surface area (Å²) in [5, 5.41) is 11.0. The Morgan fingerprint density at radius 1 is 1.40 bits per heavy atom. The first-order chi connectivity index (χ1) is 6.88. The molecule has 0 aliphatic heterocycles. The Balaban J connectivity index is 2.79. The van der Waals surface area contributed by atoms with E-state index in [0.29, 0.717) is 5.69 Å². The molecule has 0 saturated heterocycles. The third-order valence-electron chi connectivity index (χ3n) is 1.57. The average molecular weight is 231 g/mol. The number of hydrogen-bond acceptors (Lipinski definition) is 4. The van der Waals surface area contributed by atoms with Crippen molar-refractivity contribution in [3.8, 4) is 0 Å². The lowest BCUT2D eigenvalue weighted by atomic mass is 10.2. The minimum atomic E-state index is -4.11. The molecule has 1 aromatic rings. The van der Waals surface area contributed by atoms with Crippen molar-refractivity contribution in [3.63, 3.8) is 0 Å². The SMILES string of the molecule is O=C(O)c1cccc(NCS(=O)(=O)O)c1. The van der Waals surface area contributed by atoms with Gasteiger partial charge >= 0.3 is 5.97 Å². The summed E-state index contributed by atoms with van der Waals surface area (Å²) in [5.41, 5.74) is 0.350. The number of aromatic carboxylic acids is 1. The number of benzene rings is 1. The zero-order valence-electron chi connectivity index (χ0n) is 7.54. The Morgan fingerprint density at radius 3 is 2.60 bits per heavy atom. The molecule has 15 heavy (non-hydrogen) atoms. The molecule has 7 heteroatoms. The molecule has 0 fully saturated rings. The Labute approximate surface area is 86.3 Å². The molecule has 0 amide bonds. The summed E-state index contributed by atoms with van der Waals surface area (Å²) in [6.45, 7) is 0. The van der Waals surface area contributed by atoms with Gasteiger partial charge in [-0.25, -0.2) is 4.79 Å². The largest absolute Gasteiger partial charge is 0.478 e. The lowest BCUT2D eigenvalue weighted by Gasteiger charge is -2.04. The van der Waals surface area contributed by atoms with Crippen LogP contribution in [0.15, 0.2) is 24.3 Å². The molecular weight excluding hydrogens is 222 g/mol. The molecule has 0 spiro atoms. The smallest absolute Gasteiger partial charge is 0.335 e. The highest BCUT2D eigenvalue weighted by Crippen LogP contribution is 2.10. The minimum absolute atomic E-state index is 0.0373. The predicted molar refractivity (Wildman–Crippen MR) is 53.4 cm³/mol. The van der Waals surface area contributed by atoms with Crippen LogP contribution in [0.5, 0.6) is 0 Å². The number of nitrogens with one attached hydrogen (secondary N) is 1. The van der Waals surface area contributed by atoms with Crippen LogP contribution in [0.1, 0.15) is 10.4 Å². The van der Waals surface area contributed by atoms with Gasteiger partial charge in [-0.1, -0.05) is 6.07 Å². The van der Waals surface area contributed by atoms with E-state index in [4.69, 9.17) is 9.66 Å². The number of carboxylic acids is 1. The molecule has 6 nitrogen and oxygen atoms in total. The second-order valence-electron chi connectivity index (χ2n) is 2.79. The number of rotatable bonds is 4. The highest BCUT2D eigenvalue weighted by molar-refractivity contribution is 7.85. The molecule has 0 heterocycles. The molecule has 0 aromatic heterocycles. The number of carbonyl (C=O) groups is 1. The third kappa shape index (κ3) is 3.96. The van der Waals surface area contributed by atoms with Crippen LogP contribution in [-0.2, 0) is 10.1 Å². The first-order valence-electron chi connectivity index (χ1n) is 3.91. The van der Waals surface area contributed by atoms with Gasteiger partial charge < -0.3 is 10.4 Å². The second-order valence-corrected chi connectivity index (χ2v) is 4.24. The monoisotopic (exact) mass is 231 g/mol. The Hall–Kier alpha value is -1.60. The Kier molecular flexibility index (Phi) is 3.28. The van der Waals surface area contributed by atoms with Gasteiger partial charge in [0.15, 0.2) is 0 Å². The van der Waals surface area contributed by atoms with Crippen molar-refractivity contribution in [1.29, 1.82) is 0 Å². The third-order valence-corrected chi connectivity index (χ3v) is 2.08. The zero-order chi connectivity index (χ0) is 11.5. The molecule has 3 N–H and O–H groups in total. The Bertz CT molecular complexity index is 468. The highest BCUT2D eigenvalue weighted by atomic mass is 32.2. The van der Waals surface area contributed by atoms with E-state index in [0.717, 1.165) is 0 Å². The number of anilines is 1. The molecule has 0 atom stereocenters. The van der Waals surface area contributed by atoms with Crippen molar-refractivity contribution in [2.45, 2.75) is 0 Å². The summed E-state index contributed by atoms with van der Waals surface area (Å²) < 4.78 is 29.3. The number of carboxylic acid groups (broad SMARTS) is 1. The summed E-state index contributed by atoms with van der Waals surface area (Å²) in [6.07, 6.45) is 0. The average Bonchev–Trinajstić information content (AvgIpc) is 2.14. The van der Waals surface area contributed by atoms with Gasteiger partial charge in [0.25, 0.3) is 10.1 Å². The van der Waals surface area contributed by atoms with E-state index < -0.39 is 22.0 Å². The van der Waals surface area contributed by atoms with Crippen molar-refractivity contribution < 1.29 is 22.9 Å². The van der Waals surface area contributed by atoms with Crippen molar-refractivity contribution in [2.75, 3.05) is 11.2 Å². The van der Waals surface area contributed by atoms with E-state index in [9.17, 15) is 13.2 Å². The van der Waals surface area contributed by atoms with Crippen molar-refractivity contribution in [3.05, 3.63) is 29.8 Å². The van der Waals surface area contributed by atoms with Gasteiger partial charge in [-0.2, -0.15) is 8.42 Å². The normalized spacial score (nSPS) is 11.0. The number of hydrogen-bond donors (Lipinski definition) is 3. The van der Waals surface area contributed by atoms with E-state index in [1.54, 1.807) is 0 Å². The fraction of sp³-hybridized carbons (Fsp3) is 0.125. The zero-order valence-corrected chi connectivity index (χ0v) is 8.36. The van der Waals surface area contributed by atoms with Gasteiger partial charge in [-0.15, -0.1) is 0 Å². The summed E-state index contributed by atoms with van der Waals surface area (Å²) in [4.78, 5) is 10.6. The van der Waals surface area contributed by atoms with E-state index in [1.165, 1.54) is 24.3 Å². The van der Waals surface area contributed by atoms with Crippen molar-refractivity contribution in [1.82, 2.24) is 0 Å². The highest BCUT2D eigenvalue weighted by Gasteiger charge is 2.06. The minimum Gasteiger partial charge on any atom is -0.478 e. The van der Waals surface area contributed by atoms with Crippen LogP contribution in [0.3, 0.4) is 0 Å². The fourth-order valence-electron chi connectivity index (χ4n) is 0.937. The molecule has 0 aliphatic carbocycles. The first-order valence-corrected chi connectivity index (χ1v) is 5.52. The molecule has 82 valence electrons. The van der Waals surface area contributed by atoms with Crippen LogP contribution < -0.4 is 5.32 Å². The summed E-state index contributed by atoms with van der Waals surface area (Å²) >= 11 is 0. The van der Waals surface area contributed by atoms with Gasteiger partial charge in [-0.05, 0) is 18.2 Å². The first kappa shape index (κ1) is 11.5. The molecule has 1 rings (SSSR count). The van der Waals surface area contributed by atoms with Crippen LogP contribution in [0, 0.1) is 0 Å². The summed E-state index contributed by atoms with van der Waals surface area (Å²) in [7, 11) is -4.11. The van der Waals surface area contributed by atoms with Crippen LogP contribution in [-0.4, -0.2) is 29.9 Å². The molecule has 0 unspecified atom stereocenters. The predicted octanol–water partition coefficient (Wildman–Crippen LogP) is 0.642. The molecule has 0 radical (unpaired) electrons. The van der Waals surface area contributed by atoms with Crippen molar-refractivity contribution in [2.24, 2.45) is 0 Å². The van der Waals surface area contributed by atoms with E-state index in [-0.39, 0.29) is 5.56 Å². The quantitative estimate of drug-likeness (QED) is 0.657. The maximum Gasteiger partial charge on any atom is 0.335 e. The maximum atomic E-state index is 10.6. The van der Waals surface area contributed by atoms with E-state index in [2.05, 4.69) is 5.32 Å². The van der Waals surface area contributed by atoms with E-state index >= 15 is 0 Å². The van der Waals surface area contributed by atoms with Gasteiger partial charge in [0.05, 0.1) is 5.56 Å². The van der Waals surface area contributed by atoms with Gasteiger partial charge in [-0.3, -0.25) is 4.55 Å². The van der Waals surface area contributed by atoms with Crippen LogP contribution in [0.25, 0.3) is 0 Å². The van der Waals surface area contributed by atoms with Crippen LogP contribution >= 0.6 is 0 Å². The molecule has 1 aromatic carbocycles. The van der Waals surface area contributed by atoms with Gasteiger partial charge in [0, 0.05) is 5.69 Å². The lowest BCUT2D eigenvalue weighted by Crippen LogP contribution is -2.13. The molecule has 0 aliphatic rings. The molecule has 0 bridgehead atoms. The van der Waals surface area contributed by atoms with Crippen molar-refractivity contribution >= 4 is 21.8 Å². The van der Waals surface area contributed by atoms with Gasteiger partial charge in [0.2, 0.25) is 0 Å². The summed E-state index contributed by atoms with van der Waals surface area (Å²) in [6, 6.07) is 5.61. The Morgan fingerprint density at radius 2 is 2.07 bits per heavy atom. The fourth-order valence-corrected chi connectivity index (χ4v) is 1.29. The topological polar surface area (TPSA) is 104 Å². The second kappa shape index (κ2) is 4.28. The van der Waals surface area contributed by atoms with E-state index in [1.807, 2.05) is 0 Å². The molecular formula is C8H9NO5S. The maximum absolute atomic E-state index is 10.6. The van der Waals surface area contributed by atoms with Gasteiger partial charge in [0.1, 0.15) is 5.88 Å². The molecule has 0 saturated carbocycles. The standard InChI is InChI=1S/C8H9NO5S/c10-8(11)6-2-1-3-7(4-6)9-5-15(12,13)14/h1-4,9H,5H2,(H,10,11)(H,12,13,14). The lowest BCUT2D eigenvalue weighted by molar-refractivity contribution is 0.0697. The van der Waals surface area contributed by atoms with Crippen LogP contribution in [0.2, 0.25) is 0 Å². The summed E-state index contributed by atoms with van der Waals surface area (Å²) in [5.74, 6) is -1.76. The van der Waals surface area contributed by atoms with Crippen LogP contribution in [0.4, 0.5) is 5.69 Å².